The first kappa shape index (κ1) is 18.2. The third kappa shape index (κ3) is 4.53. The van der Waals surface area contributed by atoms with Crippen LogP contribution in [0.2, 0.25) is 0 Å². The fraction of sp³-hybridized carbons (Fsp3) is 0.650. The lowest BCUT2D eigenvalue weighted by Crippen LogP contribution is -2.45. The first-order valence-corrected chi connectivity index (χ1v) is 9.47. The predicted molar refractivity (Wildman–Crippen MR) is 101 cm³/mol. The molecule has 3 N–H and O–H groups in total. The van der Waals surface area contributed by atoms with Gasteiger partial charge in [-0.15, -0.1) is 0 Å². The van der Waals surface area contributed by atoms with Gasteiger partial charge in [0.1, 0.15) is 0 Å². The van der Waals surface area contributed by atoms with Crippen LogP contribution < -0.4 is 10.6 Å². The van der Waals surface area contributed by atoms with Crippen molar-refractivity contribution in [1.82, 2.24) is 10.6 Å². The van der Waals surface area contributed by atoms with Crippen molar-refractivity contribution in [3.8, 4) is 0 Å². The Morgan fingerprint density at radius 2 is 2.24 bits per heavy atom. The van der Waals surface area contributed by atoms with E-state index < -0.39 is 0 Å². The summed E-state index contributed by atoms with van der Waals surface area (Å²) in [6.45, 7) is 3.39. The molecule has 0 radical (unpaired) electrons. The summed E-state index contributed by atoms with van der Waals surface area (Å²) in [4.78, 5) is 4.37. The van der Waals surface area contributed by atoms with Gasteiger partial charge in [-0.05, 0) is 43.2 Å². The molecule has 1 aromatic carbocycles. The van der Waals surface area contributed by atoms with Crippen LogP contribution in [0.3, 0.4) is 0 Å². The highest BCUT2D eigenvalue weighted by atomic mass is 16.5. The standard InChI is InChI=1S/C20H31N3O2/c1-21-19(23-14-20(9-11-24)10-12-25-15-20)22-13-17-7-4-6-16-5-2-3-8-18(16)17/h2-3,5,8,17,24H,4,6-7,9-15H2,1H3,(H2,21,22,23). The number of nitrogens with zero attached hydrogens (tertiary/aromatic N) is 1. The van der Waals surface area contributed by atoms with Gasteiger partial charge in [-0.3, -0.25) is 4.99 Å². The average molecular weight is 345 g/mol. The monoisotopic (exact) mass is 345 g/mol. The summed E-state index contributed by atoms with van der Waals surface area (Å²) in [5.74, 6) is 1.39. The molecular weight excluding hydrogens is 314 g/mol. The van der Waals surface area contributed by atoms with E-state index in [4.69, 9.17) is 4.74 Å². The molecule has 0 bridgehead atoms. The van der Waals surface area contributed by atoms with E-state index in [0.29, 0.717) is 12.5 Å². The molecule has 2 atom stereocenters. The zero-order chi connectivity index (χ0) is 17.5. The molecule has 1 aliphatic carbocycles. The Hall–Kier alpha value is -1.59. The maximum Gasteiger partial charge on any atom is 0.191 e. The van der Waals surface area contributed by atoms with Gasteiger partial charge in [-0.25, -0.2) is 0 Å². The molecule has 138 valence electrons. The van der Waals surface area contributed by atoms with Crippen LogP contribution in [0.1, 0.15) is 42.7 Å². The lowest BCUT2D eigenvalue weighted by atomic mass is 9.83. The number of aryl methyl sites for hydroxylation is 1. The van der Waals surface area contributed by atoms with Gasteiger partial charge in [0.25, 0.3) is 0 Å². The number of aliphatic hydroxyl groups excluding tert-OH is 1. The van der Waals surface area contributed by atoms with Crippen LogP contribution in [0.25, 0.3) is 0 Å². The Morgan fingerprint density at radius 1 is 1.36 bits per heavy atom. The molecule has 2 aliphatic rings. The lowest BCUT2D eigenvalue weighted by molar-refractivity contribution is 0.127. The van der Waals surface area contributed by atoms with E-state index in [0.717, 1.165) is 38.5 Å². The zero-order valence-corrected chi connectivity index (χ0v) is 15.3. The van der Waals surface area contributed by atoms with Gasteiger partial charge >= 0.3 is 0 Å². The summed E-state index contributed by atoms with van der Waals surface area (Å²) in [5.41, 5.74) is 3.01. The highest BCUT2D eigenvalue weighted by Gasteiger charge is 2.34. The largest absolute Gasteiger partial charge is 0.396 e. The third-order valence-electron chi connectivity index (χ3n) is 5.69. The predicted octanol–water partition coefficient (Wildman–Crippen LogP) is 2.06. The molecule has 1 aliphatic heterocycles. The number of aliphatic hydroxyl groups is 1. The number of hydrogen-bond donors (Lipinski definition) is 3. The van der Waals surface area contributed by atoms with Crippen LogP contribution in [0.4, 0.5) is 0 Å². The van der Waals surface area contributed by atoms with Crippen molar-refractivity contribution in [3.63, 3.8) is 0 Å². The second-order valence-electron chi connectivity index (χ2n) is 7.37. The lowest BCUT2D eigenvalue weighted by Gasteiger charge is -2.29. The second-order valence-corrected chi connectivity index (χ2v) is 7.37. The summed E-state index contributed by atoms with van der Waals surface area (Å²) in [6.07, 6.45) is 5.44. The Kier molecular flexibility index (Phi) is 6.32. The molecule has 0 amide bonds. The number of hydrogen-bond acceptors (Lipinski definition) is 3. The van der Waals surface area contributed by atoms with E-state index in [2.05, 4.69) is 39.9 Å². The minimum Gasteiger partial charge on any atom is -0.396 e. The fourth-order valence-corrected chi connectivity index (χ4v) is 4.09. The number of aliphatic imine (C=N–C) groups is 1. The normalized spacial score (nSPS) is 26.3. The van der Waals surface area contributed by atoms with Crippen molar-refractivity contribution < 1.29 is 9.84 Å². The first-order valence-electron chi connectivity index (χ1n) is 9.47. The topological polar surface area (TPSA) is 65.9 Å². The zero-order valence-electron chi connectivity index (χ0n) is 15.3. The minimum absolute atomic E-state index is 0.0316. The molecule has 1 aromatic rings. The average Bonchev–Trinajstić information content (AvgIpc) is 3.11. The fourth-order valence-electron chi connectivity index (χ4n) is 4.09. The number of ether oxygens (including phenoxy) is 1. The molecule has 3 rings (SSSR count). The number of fused-ring (bicyclic) bond motifs is 1. The van der Waals surface area contributed by atoms with Gasteiger partial charge in [0, 0.05) is 44.7 Å². The maximum atomic E-state index is 9.35. The Balaban J connectivity index is 1.53. The van der Waals surface area contributed by atoms with E-state index >= 15 is 0 Å². The molecular formula is C20H31N3O2. The van der Waals surface area contributed by atoms with Crippen LogP contribution >= 0.6 is 0 Å². The highest BCUT2D eigenvalue weighted by Crippen LogP contribution is 2.32. The minimum atomic E-state index is 0.0316. The van der Waals surface area contributed by atoms with Crippen LogP contribution in [0.5, 0.6) is 0 Å². The van der Waals surface area contributed by atoms with Gasteiger partial charge in [0.05, 0.1) is 6.61 Å². The summed E-state index contributed by atoms with van der Waals surface area (Å²) in [7, 11) is 1.81. The number of nitrogens with one attached hydrogen (secondary N) is 2. The van der Waals surface area contributed by atoms with Crippen molar-refractivity contribution in [2.45, 2.75) is 38.0 Å². The first-order chi connectivity index (χ1) is 12.3. The van der Waals surface area contributed by atoms with E-state index in [-0.39, 0.29) is 12.0 Å². The highest BCUT2D eigenvalue weighted by molar-refractivity contribution is 5.79. The molecule has 0 spiro atoms. The van der Waals surface area contributed by atoms with Crippen LogP contribution in [0.15, 0.2) is 29.3 Å². The summed E-state index contributed by atoms with van der Waals surface area (Å²) < 4.78 is 5.56. The number of guanidine groups is 1. The van der Waals surface area contributed by atoms with Crippen molar-refractivity contribution in [2.75, 3.05) is 40.0 Å². The summed E-state index contributed by atoms with van der Waals surface area (Å²) in [6, 6.07) is 8.80. The van der Waals surface area contributed by atoms with E-state index in [1.165, 1.54) is 30.4 Å². The Morgan fingerprint density at radius 3 is 3.00 bits per heavy atom. The molecule has 0 saturated carbocycles. The van der Waals surface area contributed by atoms with E-state index in [9.17, 15) is 5.11 Å². The molecule has 5 nitrogen and oxygen atoms in total. The van der Waals surface area contributed by atoms with Crippen molar-refractivity contribution in [1.29, 1.82) is 0 Å². The number of rotatable bonds is 6. The van der Waals surface area contributed by atoms with Gasteiger partial charge in [0.2, 0.25) is 0 Å². The van der Waals surface area contributed by atoms with Crippen LogP contribution in [-0.4, -0.2) is 51.0 Å². The van der Waals surface area contributed by atoms with Crippen LogP contribution in [-0.2, 0) is 11.2 Å². The SMILES string of the molecule is CN=C(NCC1CCCc2ccccc21)NCC1(CCO)CCOC1. The maximum absolute atomic E-state index is 9.35. The van der Waals surface area contributed by atoms with E-state index in [1.54, 1.807) is 0 Å². The molecule has 25 heavy (non-hydrogen) atoms. The van der Waals surface area contributed by atoms with Crippen LogP contribution in [0, 0.1) is 5.41 Å². The Bertz CT molecular complexity index is 582. The van der Waals surface area contributed by atoms with Crippen molar-refractivity contribution >= 4 is 5.96 Å². The van der Waals surface area contributed by atoms with Gasteiger partial charge in [-0.2, -0.15) is 0 Å². The van der Waals surface area contributed by atoms with Crippen molar-refractivity contribution in [2.24, 2.45) is 10.4 Å². The van der Waals surface area contributed by atoms with Crippen molar-refractivity contribution in [3.05, 3.63) is 35.4 Å². The molecule has 2 unspecified atom stereocenters. The summed E-state index contributed by atoms with van der Waals surface area (Å²) >= 11 is 0. The van der Waals surface area contributed by atoms with Gasteiger partial charge in [0.15, 0.2) is 5.96 Å². The molecule has 5 heteroatoms. The van der Waals surface area contributed by atoms with E-state index in [1.807, 2.05) is 7.05 Å². The Labute approximate surface area is 150 Å². The molecule has 1 saturated heterocycles. The molecule has 1 heterocycles. The molecule has 1 fully saturated rings. The number of benzene rings is 1. The smallest absolute Gasteiger partial charge is 0.191 e. The molecule has 0 aromatic heterocycles. The van der Waals surface area contributed by atoms with Gasteiger partial charge < -0.3 is 20.5 Å². The third-order valence-corrected chi connectivity index (χ3v) is 5.69. The quantitative estimate of drug-likeness (QED) is 0.545. The second kappa shape index (κ2) is 8.68. The van der Waals surface area contributed by atoms with Gasteiger partial charge in [-0.1, -0.05) is 24.3 Å². The summed E-state index contributed by atoms with van der Waals surface area (Å²) in [5, 5.41) is 16.3.